The van der Waals surface area contributed by atoms with Crippen molar-refractivity contribution in [2.24, 2.45) is 22.7 Å². The maximum Gasteiger partial charge on any atom is 0.342 e. The first-order valence-corrected chi connectivity index (χ1v) is 19.3. The predicted molar refractivity (Wildman–Crippen MR) is 194 cm³/mol. The molecule has 18 heteroatoms. The van der Waals surface area contributed by atoms with Crippen molar-refractivity contribution in [1.82, 2.24) is 29.7 Å². The van der Waals surface area contributed by atoms with Gasteiger partial charge in [0.05, 0.1) is 33.3 Å². The highest BCUT2D eigenvalue weighted by Gasteiger charge is 2.54. The third kappa shape index (κ3) is 10.8. The second-order valence-electron chi connectivity index (χ2n) is 16.3. The first-order chi connectivity index (χ1) is 24.0. The number of hydrogen-bond acceptors (Lipinski definition) is 14. The summed E-state index contributed by atoms with van der Waals surface area (Å²) in [5, 5.41) is 28.6. The third-order valence-electron chi connectivity index (χ3n) is 8.87. The van der Waals surface area contributed by atoms with E-state index in [4.69, 9.17) is 29.2 Å². The molecule has 0 aromatic carbocycles. The van der Waals surface area contributed by atoms with Crippen LogP contribution in [0.3, 0.4) is 0 Å². The van der Waals surface area contributed by atoms with E-state index in [0.717, 1.165) is 0 Å². The monoisotopic (exact) mass is 757 g/mol. The maximum atomic E-state index is 15.0. The van der Waals surface area contributed by atoms with Gasteiger partial charge < -0.3 is 39.4 Å². The molecule has 0 unspecified atom stereocenters. The van der Waals surface area contributed by atoms with E-state index in [1.54, 1.807) is 13.8 Å². The van der Waals surface area contributed by atoms with Crippen LogP contribution < -0.4 is 20.6 Å². The predicted octanol–water partition coefficient (Wildman–Crippen LogP) is 3.74. The number of aliphatic hydroxyl groups excluding tert-OH is 1. The molecule has 2 aromatic heterocycles. The van der Waals surface area contributed by atoms with Crippen molar-refractivity contribution in [2.75, 3.05) is 32.7 Å². The number of ether oxygens (including phenoxy) is 4. The van der Waals surface area contributed by atoms with Crippen molar-refractivity contribution in [3.8, 4) is 5.88 Å². The molecule has 1 saturated heterocycles. The number of carbonyl (C=O) groups is 2. The van der Waals surface area contributed by atoms with E-state index in [1.807, 2.05) is 55.4 Å². The Labute approximate surface area is 306 Å². The number of methoxy groups -OCH3 is 1. The van der Waals surface area contributed by atoms with Gasteiger partial charge in [0.15, 0.2) is 17.4 Å². The standard InChI is InChI=1S/C34H60N7O10P/c1-13-19(3)22(28(43)48-16-32(5,6)7)39-52(46,40-23(20(4)14-2)29(44)49-17-33(8,9)10)50-15-21-25(42)34(11,45)30(51-21)41-18-36-24-26(41)37-31(35)38-27(24)47-12/h18-23,25,30,42,45H,13-17H2,1-12H3,(H2,35,37,38)(H2,39,40,46)/t19-,20-,21+,22-,23-,25+,30+,34+/m0/s1. The number of rotatable bonds is 17. The number of hydrogen-bond donors (Lipinski definition) is 5. The molecule has 0 radical (unpaired) electrons. The van der Waals surface area contributed by atoms with Crippen LogP contribution in [0.1, 0.15) is 95.2 Å². The summed E-state index contributed by atoms with van der Waals surface area (Å²) in [6.07, 6.45) is -1.74. The fraction of sp³-hybridized carbons (Fsp3) is 0.794. The number of anilines is 1. The SMILES string of the molecule is CC[C@H](C)[C@H](NP(=O)(N[C@H](C(=O)OCC(C)(C)C)[C@@H](C)CC)OC[C@H]1O[C@@H](n2cnc3c(OC)nc(N)nc32)[C@](C)(O)[C@@H]1O)C(=O)OCC(C)(C)C. The zero-order valence-electron chi connectivity index (χ0n) is 32.6. The van der Waals surface area contributed by atoms with Crippen LogP contribution in [0.25, 0.3) is 11.2 Å². The summed E-state index contributed by atoms with van der Waals surface area (Å²) in [5.74, 6) is -2.05. The molecule has 3 rings (SSSR count). The lowest BCUT2D eigenvalue weighted by molar-refractivity contribution is -0.150. The molecule has 1 aliphatic heterocycles. The van der Waals surface area contributed by atoms with Crippen LogP contribution in [0.15, 0.2) is 6.33 Å². The Kier molecular flexibility index (Phi) is 14.3. The van der Waals surface area contributed by atoms with Gasteiger partial charge in [-0.15, -0.1) is 0 Å². The molecule has 0 amide bonds. The molecule has 2 aromatic rings. The lowest BCUT2D eigenvalue weighted by Gasteiger charge is -2.33. The number of aliphatic hydroxyl groups is 2. The lowest BCUT2D eigenvalue weighted by Crippen LogP contribution is -2.50. The molecule has 6 N–H and O–H groups in total. The van der Waals surface area contributed by atoms with Crippen LogP contribution in [-0.4, -0.2) is 98.5 Å². The molecule has 8 atom stereocenters. The van der Waals surface area contributed by atoms with Gasteiger partial charge in [0, 0.05) is 0 Å². The largest absolute Gasteiger partial charge is 0.479 e. The first-order valence-electron chi connectivity index (χ1n) is 17.7. The Morgan fingerprint density at radius 1 is 1.02 bits per heavy atom. The highest BCUT2D eigenvalue weighted by atomic mass is 31.2. The fourth-order valence-corrected chi connectivity index (χ4v) is 7.34. The molecule has 296 valence electrons. The van der Waals surface area contributed by atoms with E-state index >= 15 is 0 Å². The first kappa shape index (κ1) is 43.5. The zero-order valence-corrected chi connectivity index (χ0v) is 33.5. The second kappa shape index (κ2) is 17.0. The van der Waals surface area contributed by atoms with Crippen molar-refractivity contribution >= 4 is 36.7 Å². The van der Waals surface area contributed by atoms with Crippen LogP contribution in [-0.2, 0) is 32.9 Å². The molecule has 1 aliphatic rings. The summed E-state index contributed by atoms with van der Waals surface area (Å²) >= 11 is 0. The number of nitrogens with one attached hydrogen (secondary N) is 2. The average Bonchev–Trinajstić information content (AvgIpc) is 3.57. The van der Waals surface area contributed by atoms with E-state index in [1.165, 1.54) is 24.9 Å². The zero-order chi connectivity index (χ0) is 39.4. The average molecular weight is 758 g/mol. The topological polar surface area (TPSA) is 231 Å². The molecule has 1 fully saturated rings. The van der Waals surface area contributed by atoms with Crippen molar-refractivity contribution in [3.63, 3.8) is 0 Å². The summed E-state index contributed by atoms with van der Waals surface area (Å²) in [5.41, 5.74) is 3.69. The van der Waals surface area contributed by atoms with Crippen molar-refractivity contribution in [3.05, 3.63) is 6.33 Å². The molecule has 52 heavy (non-hydrogen) atoms. The number of nitrogens with zero attached hydrogens (tertiary/aromatic N) is 4. The number of carbonyl (C=O) groups excluding carboxylic acids is 2. The van der Waals surface area contributed by atoms with Crippen LogP contribution in [0, 0.1) is 22.7 Å². The summed E-state index contributed by atoms with van der Waals surface area (Å²) in [7, 11) is -3.01. The molecular formula is C34H60N7O10P. The smallest absolute Gasteiger partial charge is 0.342 e. The summed E-state index contributed by atoms with van der Waals surface area (Å²) < 4.78 is 45.1. The maximum absolute atomic E-state index is 15.0. The van der Waals surface area contributed by atoms with E-state index in [2.05, 4.69) is 25.1 Å². The number of aromatic nitrogens is 4. The summed E-state index contributed by atoms with van der Waals surface area (Å²) in [4.78, 5) is 39.6. The highest BCUT2D eigenvalue weighted by molar-refractivity contribution is 7.54. The van der Waals surface area contributed by atoms with Gasteiger partial charge in [-0.3, -0.25) is 18.7 Å². The van der Waals surface area contributed by atoms with Crippen molar-refractivity contribution in [1.29, 1.82) is 0 Å². The Balaban J connectivity index is 1.99. The van der Waals surface area contributed by atoms with Crippen LogP contribution in [0.5, 0.6) is 5.88 Å². The van der Waals surface area contributed by atoms with E-state index < -0.39 is 62.3 Å². The van der Waals surface area contributed by atoms with Crippen LogP contribution >= 0.6 is 7.67 Å². The normalized spacial score (nSPS) is 23.6. The molecular weight excluding hydrogens is 697 g/mol. The summed E-state index contributed by atoms with van der Waals surface area (Å²) in [6, 6.07) is -2.23. The molecule has 17 nitrogen and oxygen atoms in total. The number of fused-ring (bicyclic) bond motifs is 1. The Hall–Kier alpha value is -2.92. The Morgan fingerprint density at radius 3 is 1.96 bits per heavy atom. The Morgan fingerprint density at radius 2 is 1.52 bits per heavy atom. The number of imidazole rings is 1. The minimum Gasteiger partial charge on any atom is -0.479 e. The highest BCUT2D eigenvalue weighted by Crippen LogP contribution is 2.45. The van der Waals surface area contributed by atoms with Gasteiger partial charge in [-0.25, -0.2) is 15.2 Å². The van der Waals surface area contributed by atoms with E-state index in [0.29, 0.717) is 12.8 Å². The summed E-state index contributed by atoms with van der Waals surface area (Å²) in [6.45, 7) is 19.9. The van der Waals surface area contributed by atoms with E-state index in [-0.39, 0.29) is 58.9 Å². The van der Waals surface area contributed by atoms with Gasteiger partial charge in [-0.05, 0) is 29.6 Å². The van der Waals surface area contributed by atoms with Gasteiger partial charge in [0.1, 0.15) is 29.9 Å². The van der Waals surface area contributed by atoms with Gasteiger partial charge in [0.25, 0.3) is 0 Å². The molecule has 0 bridgehead atoms. The molecule has 0 saturated carbocycles. The second-order valence-corrected chi connectivity index (χ2v) is 18.2. The van der Waals surface area contributed by atoms with Crippen LogP contribution in [0.2, 0.25) is 0 Å². The fourth-order valence-electron chi connectivity index (χ4n) is 5.31. The number of nitrogen functional groups attached to an aromatic ring is 1. The van der Waals surface area contributed by atoms with Crippen LogP contribution in [0.4, 0.5) is 5.95 Å². The number of nitrogens with two attached hydrogens (primary N) is 1. The lowest BCUT2D eigenvalue weighted by atomic mass is 9.96. The number of esters is 2. The van der Waals surface area contributed by atoms with Gasteiger partial charge in [-0.1, -0.05) is 82.1 Å². The van der Waals surface area contributed by atoms with E-state index in [9.17, 15) is 24.4 Å². The molecule has 0 spiro atoms. The molecule has 3 heterocycles. The molecule has 0 aliphatic carbocycles. The third-order valence-corrected chi connectivity index (χ3v) is 10.6. The van der Waals surface area contributed by atoms with Gasteiger partial charge in [-0.2, -0.15) is 9.97 Å². The minimum absolute atomic E-state index is 0.103. The quantitative estimate of drug-likeness (QED) is 0.114. The van der Waals surface area contributed by atoms with Crippen molar-refractivity contribution < 1.29 is 47.8 Å². The minimum atomic E-state index is -4.41. The van der Waals surface area contributed by atoms with Gasteiger partial charge in [0.2, 0.25) is 11.8 Å². The van der Waals surface area contributed by atoms with Crippen molar-refractivity contribution in [2.45, 2.75) is 125 Å². The Bertz CT molecular complexity index is 1520. The van der Waals surface area contributed by atoms with Gasteiger partial charge >= 0.3 is 19.6 Å².